The normalized spacial score (nSPS) is 18.8. The Morgan fingerprint density at radius 3 is 3.04 bits per heavy atom. The molecule has 25 heavy (non-hydrogen) atoms. The number of rotatable bonds is 4. The van der Waals surface area contributed by atoms with Crippen LogP contribution in [-0.4, -0.2) is 48.1 Å². The molecule has 0 radical (unpaired) electrons. The fourth-order valence-electron chi connectivity index (χ4n) is 3.43. The number of hydrogen-bond donors (Lipinski definition) is 1. The van der Waals surface area contributed by atoms with Crippen molar-refractivity contribution in [3.63, 3.8) is 0 Å². The molecule has 8 nitrogen and oxygen atoms in total. The Morgan fingerprint density at radius 2 is 2.32 bits per heavy atom. The highest BCUT2D eigenvalue weighted by molar-refractivity contribution is 6.30. The van der Waals surface area contributed by atoms with Gasteiger partial charge in [-0.3, -0.25) is 14.7 Å². The first-order valence-electron chi connectivity index (χ1n) is 8.34. The van der Waals surface area contributed by atoms with Crippen molar-refractivity contribution in [3.8, 4) is 11.4 Å². The quantitative estimate of drug-likeness (QED) is 0.768. The molecule has 0 aromatic carbocycles. The number of likely N-dealkylation sites (tertiary alicyclic amines) is 1. The largest absolute Gasteiger partial charge is 0.361 e. The number of nitrogens with zero attached hydrogens (tertiary/aromatic N) is 6. The third-order valence-electron chi connectivity index (χ3n) is 4.65. The van der Waals surface area contributed by atoms with E-state index in [2.05, 4.69) is 30.3 Å². The zero-order valence-electron chi connectivity index (χ0n) is 14.2. The van der Waals surface area contributed by atoms with E-state index in [0.29, 0.717) is 11.1 Å². The van der Waals surface area contributed by atoms with Crippen LogP contribution in [0.2, 0.25) is 5.15 Å². The zero-order valence-corrected chi connectivity index (χ0v) is 15.0. The molecule has 4 heterocycles. The van der Waals surface area contributed by atoms with E-state index in [1.165, 1.54) is 0 Å². The molecule has 1 unspecified atom stereocenters. The van der Waals surface area contributed by atoms with E-state index in [-0.39, 0.29) is 0 Å². The van der Waals surface area contributed by atoms with Gasteiger partial charge in [-0.1, -0.05) is 16.8 Å². The van der Waals surface area contributed by atoms with Gasteiger partial charge in [0.1, 0.15) is 34.5 Å². The number of aryl methyl sites for hydroxylation is 2. The molecular weight excluding hydrogens is 342 g/mol. The third kappa shape index (κ3) is 3.19. The Kier molecular flexibility index (Phi) is 4.30. The number of halogens is 1. The van der Waals surface area contributed by atoms with Crippen LogP contribution in [0.5, 0.6) is 0 Å². The van der Waals surface area contributed by atoms with E-state index in [1.54, 1.807) is 11.0 Å². The average Bonchev–Trinajstić information content (AvgIpc) is 3.33. The van der Waals surface area contributed by atoms with Crippen molar-refractivity contribution in [1.82, 2.24) is 35.0 Å². The highest BCUT2D eigenvalue weighted by Gasteiger charge is 2.26. The van der Waals surface area contributed by atoms with Gasteiger partial charge in [0.2, 0.25) is 0 Å². The van der Waals surface area contributed by atoms with Gasteiger partial charge in [0.05, 0.1) is 0 Å². The molecule has 3 aromatic rings. The Bertz CT molecular complexity index is 854. The maximum atomic E-state index is 6.51. The second-order valence-corrected chi connectivity index (χ2v) is 6.87. The molecule has 0 spiro atoms. The highest BCUT2D eigenvalue weighted by Crippen LogP contribution is 2.31. The maximum Gasteiger partial charge on any atom is 0.137 e. The first-order valence-corrected chi connectivity index (χ1v) is 8.72. The van der Waals surface area contributed by atoms with Crippen LogP contribution in [0.15, 0.2) is 16.9 Å². The Hall–Kier alpha value is -2.19. The van der Waals surface area contributed by atoms with Crippen LogP contribution in [0.1, 0.15) is 35.9 Å². The van der Waals surface area contributed by atoms with E-state index < -0.39 is 0 Å². The van der Waals surface area contributed by atoms with Gasteiger partial charge in [0.15, 0.2) is 0 Å². The van der Waals surface area contributed by atoms with Crippen LogP contribution < -0.4 is 0 Å². The summed E-state index contributed by atoms with van der Waals surface area (Å²) < 4.78 is 6.89. The molecule has 132 valence electrons. The monoisotopic (exact) mass is 361 g/mol. The van der Waals surface area contributed by atoms with Crippen LogP contribution >= 0.6 is 11.6 Å². The van der Waals surface area contributed by atoms with Gasteiger partial charge in [0.25, 0.3) is 0 Å². The van der Waals surface area contributed by atoms with Crippen LogP contribution in [-0.2, 0) is 13.6 Å². The smallest absolute Gasteiger partial charge is 0.137 e. The summed E-state index contributed by atoms with van der Waals surface area (Å²) in [6.07, 6.45) is 3.79. The molecule has 1 N–H and O–H groups in total. The summed E-state index contributed by atoms with van der Waals surface area (Å²) in [6, 6.07) is 1.88. The SMILES string of the molecule is Cc1cc(-c2nn(C)c(Cl)c2CN2CCCC(c3ncn[nH]3)C2)no1. The van der Waals surface area contributed by atoms with Crippen molar-refractivity contribution in [2.75, 3.05) is 13.1 Å². The first-order chi connectivity index (χ1) is 12.1. The fraction of sp³-hybridized carbons (Fsp3) is 0.500. The lowest BCUT2D eigenvalue weighted by molar-refractivity contribution is 0.197. The van der Waals surface area contributed by atoms with Crippen molar-refractivity contribution >= 4 is 11.6 Å². The number of nitrogens with one attached hydrogen (secondary N) is 1. The number of hydrogen-bond acceptors (Lipinski definition) is 6. The molecule has 3 aromatic heterocycles. The molecule has 0 saturated carbocycles. The Morgan fingerprint density at radius 1 is 1.44 bits per heavy atom. The molecule has 4 rings (SSSR count). The minimum atomic E-state index is 0.365. The molecule has 0 aliphatic carbocycles. The summed E-state index contributed by atoms with van der Waals surface area (Å²) in [5, 5.41) is 16.2. The number of aromatic amines is 1. The first kappa shape index (κ1) is 16.3. The molecule has 1 saturated heterocycles. The van der Waals surface area contributed by atoms with Crippen molar-refractivity contribution in [2.45, 2.75) is 32.2 Å². The second-order valence-electron chi connectivity index (χ2n) is 6.51. The molecule has 1 aliphatic rings. The number of aromatic nitrogens is 6. The van der Waals surface area contributed by atoms with E-state index >= 15 is 0 Å². The molecule has 0 bridgehead atoms. The van der Waals surface area contributed by atoms with Crippen molar-refractivity contribution < 1.29 is 4.52 Å². The lowest BCUT2D eigenvalue weighted by Gasteiger charge is -2.31. The van der Waals surface area contributed by atoms with Crippen LogP contribution in [0.3, 0.4) is 0 Å². The van der Waals surface area contributed by atoms with Crippen LogP contribution in [0, 0.1) is 6.92 Å². The van der Waals surface area contributed by atoms with Crippen molar-refractivity contribution in [2.24, 2.45) is 7.05 Å². The summed E-state index contributed by atoms with van der Waals surface area (Å²) in [4.78, 5) is 6.70. The summed E-state index contributed by atoms with van der Waals surface area (Å²) in [7, 11) is 1.84. The van der Waals surface area contributed by atoms with Gasteiger partial charge >= 0.3 is 0 Å². The summed E-state index contributed by atoms with van der Waals surface area (Å²) in [6.45, 7) is 4.52. The standard InChI is InChI=1S/C16H20ClN7O/c1-10-6-13(22-25-10)14-12(15(17)23(2)21-14)8-24-5-3-4-11(7-24)16-18-9-19-20-16/h6,9,11H,3-5,7-8H2,1-2H3,(H,18,19,20). The minimum Gasteiger partial charge on any atom is -0.361 e. The Labute approximate surface area is 150 Å². The zero-order chi connectivity index (χ0) is 17.4. The maximum absolute atomic E-state index is 6.51. The lowest BCUT2D eigenvalue weighted by Crippen LogP contribution is -2.34. The minimum absolute atomic E-state index is 0.365. The van der Waals surface area contributed by atoms with Gasteiger partial charge in [0, 0.05) is 37.7 Å². The molecule has 1 atom stereocenters. The van der Waals surface area contributed by atoms with Crippen molar-refractivity contribution in [3.05, 3.63) is 34.7 Å². The molecule has 1 fully saturated rings. The third-order valence-corrected chi connectivity index (χ3v) is 5.12. The number of piperidine rings is 1. The topological polar surface area (TPSA) is 88.7 Å². The van der Waals surface area contributed by atoms with Crippen LogP contribution in [0.25, 0.3) is 11.4 Å². The van der Waals surface area contributed by atoms with E-state index in [4.69, 9.17) is 16.1 Å². The molecular formula is C16H20ClN7O. The average molecular weight is 362 g/mol. The second kappa shape index (κ2) is 6.61. The predicted molar refractivity (Wildman–Crippen MR) is 92.1 cm³/mol. The highest BCUT2D eigenvalue weighted by atomic mass is 35.5. The van der Waals surface area contributed by atoms with Crippen molar-refractivity contribution in [1.29, 1.82) is 0 Å². The van der Waals surface area contributed by atoms with Gasteiger partial charge in [-0.05, 0) is 26.3 Å². The Balaban J connectivity index is 1.58. The lowest BCUT2D eigenvalue weighted by atomic mass is 9.97. The number of H-pyrrole nitrogens is 1. The fourth-order valence-corrected chi connectivity index (χ4v) is 3.62. The predicted octanol–water partition coefficient (Wildman–Crippen LogP) is 2.53. The summed E-state index contributed by atoms with van der Waals surface area (Å²) >= 11 is 6.51. The van der Waals surface area contributed by atoms with E-state index in [9.17, 15) is 0 Å². The van der Waals surface area contributed by atoms with E-state index in [1.807, 2.05) is 20.0 Å². The summed E-state index contributed by atoms with van der Waals surface area (Å²) in [5.74, 6) is 2.07. The van der Waals surface area contributed by atoms with Gasteiger partial charge in [-0.2, -0.15) is 10.2 Å². The molecule has 0 amide bonds. The van der Waals surface area contributed by atoms with Crippen LogP contribution in [0.4, 0.5) is 0 Å². The van der Waals surface area contributed by atoms with Gasteiger partial charge in [-0.25, -0.2) is 4.98 Å². The summed E-state index contributed by atoms with van der Waals surface area (Å²) in [5.41, 5.74) is 2.49. The van der Waals surface area contributed by atoms with Gasteiger partial charge in [-0.15, -0.1) is 0 Å². The molecule has 1 aliphatic heterocycles. The van der Waals surface area contributed by atoms with Gasteiger partial charge < -0.3 is 4.52 Å². The van der Waals surface area contributed by atoms with E-state index in [0.717, 1.165) is 61.0 Å². The molecule has 9 heteroatoms.